The van der Waals surface area contributed by atoms with Crippen molar-refractivity contribution in [1.29, 1.82) is 0 Å². The van der Waals surface area contributed by atoms with Crippen molar-refractivity contribution in [3.8, 4) is 0 Å². The second kappa shape index (κ2) is 6.41. The number of rotatable bonds is 4. The van der Waals surface area contributed by atoms with Crippen LogP contribution in [0.15, 0.2) is 18.2 Å². The molecule has 0 spiro atoms. The van der Waals surface area contributed by atoms with Crippen LogP contribution in [0.5, 0.6) is 0 Å². The van der Waals surface area contributed by atoms with E-state index in [4.69, 9.17) is 4.74 Å². The van der Waals surface area contributed by atoms with E-state index in [1.54, 1.807) is 12.1 Å². The number of likely N-dealkylation sites (N-methyl/N-ethyl adjacent to an activating group) is 2. The quantitative estimate of drug-likeness (QED) is 0.905. The summed E-state index contributed by atoms with van der Waals surface area (Å²) in [7, 11) is 1.83. The minimum absolute atomic E-state index is 0.171. The van der Waals surface area contributed by atoms with E-state index < -0.39 is 11.6 Å². The van der Waals surface area contributed by atoms with Crippen molar-refractivity contribution >= 4 is 0 Å². The fourth-order valence-electron chi connectivity index (χ4n) is 2.66. The molecule has 1 saturated heterocycles. The van der Waals surface area contributed by atoms with Crippen molar-refractivity contribution in [2.45, 2.75) is 19.1 Å². The second-order valence-electron chi connectivity index (χ2n) is 4.68. The first-order chi connectivity index (χ1) is 9.19. The van der Waals surface area contributed by atoms with Gasteiger partial charge >= 0.3 is 0 Å². The lowest BCUT2D eigenvalue weighted by atomic mass is 9.97. The summed E-state index contributed by atoms with van der Waals surface area (Å²) in [6.07, 6.45) is -0.171. The van der Waals surface area contributed by atoms with Gasteiger partial charge in [0.25, 0.3) is 0 Å². The molecule has 1 N–H and O–H groups in total. The molecule has 2 unspecified atom stereocenters. The summed E-state index contributed by atoms with van der Waals surface area (Å²) in [6.45, 7) is 4.76. The van der Waals surface area contributed by atoms with E-state index in [-0.39, 0.29) is 12.1 Å². The van der Waals surface area contributed by atoms with Crippen LogP contribution in [0, 0.1) is 11.6 Å². The number of benzene rings is 1. The average Bonchev–Trinajstić information content (AvgIpc) is 2.42. The van der Waals surface area contributed by atoms with Crippen LogP contribution in [0.1, 0.15) is 18.5 Å². The number of hydrogen-bond acceptors (Lipinski definition) is 3. The number of ether oxygens (including phenoxy) is 1. The molecule has 0 amide bonds. The maximum Gasteiger partial charge on any atom is 0.163 e. The minimum Gasteiger partial charge on any atom is -0.374 e. The summed E-state index contributed by atoms with van der Waals surface area (Å²) in [5.41, 5.74) is 0.377. The molecule has 1 heterocycles. The molecule has 3 nitrogen and oxygen atoms in total. The summed E-state index contributed by atoms with van der Waals surface area (Å²) in [4.78, 5) is 2.13. The van der Waals surface area contributed by atoms with Gasteiger partial charge in [0, 0.05) is 18.7 Å². The van der Waals surface area contributed by atoms with E-state index >= 15 is 0 Å². The molecule has 0 radical (unpaired) electrons. The van der Waals surface area contributed by atoms with E-state index in [0.29, 0.717) is 18.7 Å². The predicted octanol–water partition coefficient (Wildman–Crippen LogP) is 1.95. The van der Waals surface area contributed by atoms with Crippen LogP contribution in [0.2, 0.25) is 0 Å². The van der Waals surface area contributed by atoms with Gasteiger partial charge < -0.3 is 10.1 Å². The van der Waals surface area contributed by atoms with Gasteiger partial charge in [0.05, 0.1) is 18.8 Å². The molecule has 5 heteroatoms. The zero-order valence-electron chi connectivity index (χ0n) is 11.3. The smallest absolute Gasteiger partial charge is 0.163 e. The van der Waals surface area contributed by atoms with Gasteiger partial charge in [0.1, 0.15) is 0 Å². The molecule has 0 aromatic heterocycles. The highest BCUT2D eigenvalue weighted by molar-refractivity contribution is 5.24. The van der Waals surface area contributed by atoms with Gasteiger partial charge in [-0.3, -0.25) is 4.90 Å². The molecule has 1 aliphatic heterocycles. The molecule has 1 aromatic carbocycles. The topological polar surface area (TPSA) is 24.5 Å². The van der Waals surface area contributed by atoms with Crippen molar-refractivity contribution in [2.75, 3.05) is 33.3 Å². The highest BCUT2D eigenvalue weighted by atomic mass is 19.2. The molecule has 0 bridgehead atoms. The van der Waals surface area contributed by atoms with E-state index in [2.05, 4.69) is 10.2 Å². The maximum absolute atomic E-state index is 14.0. The summed E-state index contributed by atoms with van der Waals surface area (Å²) in [5, 5.41) is 3.05. The standard InChI is InChI=1S/C14H20F2N2O/c1-3-18-7-8-19-12(9-17-2)14(18)10-5-4-6-11(15)13(10)16/h4-6,12,14,17H,3,7-9H2,1-2H3. The number of morpholine rings is 1. The number of nitrogens with one attached hydrogen (secondary N) is 1. The van der Waals surface area contributed by atoms with Gasteiger partial charge in [-0.2, -0.15) is 0 Å². The van der Waals surface area contributed by atoms with Crippen LogP contribution in [0.25, 0.3) is 0 Å². The van der Waals surface area contributed by atoms with E-state index in [0.717, 1.165) is 19.2 Å². The van der Waals surface area contributed by atoms with E-state index in [1.165, 1.54) is 0 Å². The monoisotopic (exact) mass is 270 g/mol. The van der Waals surface area contributed by atoms with Crippen molar-refractivity contribution in [1.82, 2.24) is 10.2 Å². The van der Waals surface area contributed by atoms with Crippen LogP contribution >= 0.6 is 0 Å². The van der Waals surface area contributed by atoms with Crippen molar-refractivity contribution in [3.05, 3.63) is 35.4 Å². The summed E-state index contributed by atoms with van der Waals surface area (Å²) < 4.78 is 33.2. The Labute approximate surface area is 112 Å². The van der Waals surface area contributed by atoms with Gasteiger partial charge in [-0.25, -0.2) is 8.78 Å². The van der Waals surface area contributed by atoms with Crippen LogP contribution in [0.3, 0.4) is 0 Å². The molecular weight excluding hydrogens is 250 g/mol. The van der Waals surface area contributed by atoms with Crippen molar-refractivity contribution < 1.29 is 13.5 Å². The summed E-state index contributed by atoms with van der Waals surface area (Å²) >= 11 is 0. The lowest BCUT2D eigenvalue weighted by molar-refractivity contribution is -0.0698. The Balaban J connectivity index is 2.36. The Morgan fingerprint density at radius 1 is 1.42 bits per heavy atom. The molecule has 19 heavy (non-hydrogen) atoms. The molecule has 1 aliphatic rings. The minimum atomic E-state index is -0.803. The SMILES string of the molecule is CCN1CCOC(CNC)C1c1cccc(F)c1F. The molecule has 2 rings (SSSR count). The Morgan fingerprint density at radius 2 is 2.21 bits per heavy atom. The predicted molar refractivity (Wildman–Crippen MR) is 70.0 cm³/mol. The van der Waals surface area contributed by atoms with E-state index in [1.807, 2.05) is 14.0 Å². The van der Waals surface area contributed by atoms with Gasteiger partial charge in [-0.15, -0.1) is 0 Å². The summed E-state index contributed by atoms with van der Waals surface area (Å²) in [5.74, 6) is -1.57. The third-order valence-corrected chi connectivity index (χ3v) is 3.57. The molecule has 2 atom stereocenters. The van der Waals surface area contributed by atoms with Crippen LogP contribution in [-0.2, 0) is 4.74 Å². The van der Waals surface area contributed by atoms with Crippen molar-refractivity contribution in [3.63, 3.8) is 0 Å². The Hall–Kier alpha value is -1.04. The normalized spacial score (nSPS) is 24.6. The van der Waals surface area contributed by atoms with E-state index in [9.17, 15) is 8.78 Å². The fraction of sp³-hybridized carbons (Fsp3) is 0.571. The Bertz CT molecular complexity index is 426. The van der Waals surface area contributed by atoms with Crippen LogP contribution < -0.4 is 5.32 Å². The molecule has 0 aliphatic carbocycles. The molecule has 106 valence electrons. The maximum atomic E-state index is 14.0. The molecule has 1 fully saturated rings. The lowest BCUT2D eigenvalue weighted by Gasteiger charge is -2.41. The third kappa shape index (κ3) is 2.94. The average molecular weight is 270 g/mol. The highest BCUT2D eigenvalue weighted by Crippen LogP contribution is 2.31. The first-order valence-electron chi connectivity index (χ1n) is 6.63. The van der Waals surface area contributed by atoms with Crippen LogP contribution in [-0.4, -0.2) is 44.3 Å². The van der Waals surface area contributed by atoms with Gasteiger partial charge in [0.15, 0.2) is 11.6 Å². The van der Waals surface area contributed by atoms with Gasteiger partial charge in [-0.05, 0) is 19.7 Å². The zero-order chi connectivity index (χ0) is 13.8. The van der Waals surface area contributed by atoms with Gasteiger partial charge in [0.2, 0.25) is 0 Å². The Kier molecular flexibility index (Phi) is 4.85. The van der Waals surface area contributed by atoms with Crippen molar-refractivity contribution in [2.24, 2.45) is 0 Å². The zero-order valence-corrected chi connectivity index (χ0v) is 11.3. The fourth-order valence-corrected chi connectivity index (χ4v) is 2.66. The van der Waals surface area contributed by atoms with Gasteiger partial charge in [-0.1, -0.05) is 19.1 Å². The highest BCUT2D eigenvalue weighted by Gasteiger charge is 2.34. The lowest BCUT2D eigenvalue weighted by Crippen LogP contribution is -2.48. The molecule has 1 aromatic rings. The third-order valence-electron chi connectivity index (χ3n) is 3.57. The summed E-state index contributed by atoms with van der Waals surface area (Å²) in [6, 6.07) is 4.09. The first kappa shape index (κ1) is 14.4. The number of halogens is 2. The van der Waals surface area contributed by atoms with Crippen LogP contribution in [0.4, 0.5) is 8.78 Å². The largest absolute Gasteiger partial charge is 0.374 e. The first-order valence-corrected chi connectivity index (χ1v) is 6.63. The second-order valence-corrected chi connectivity index (χ2v) is 4.68. The Morgan fingerprint density at radius 3 is 2.89 bits per heavy atom. The molecule has 0 saturated carbocycles. The number of hydrogen-bond donors (Lipinski definition) is 1. The molecular formula is C14H20F2N2O. The number of nitrogens with zero attached hydrogens (tertiary/aromatic N) is 1.